The molecule has 0 radical (unpaired) electrons. The largest absolute Gasteiger partial charge is 0.292 e. The first-order valence-corrected chi connectivity index (χ1v) is 6.85. The van der Waals surface area contributed by atoms with E-state index in [9.17, 15) is 13.6 Å². The van der Waals surface area contributed by atoms with Crippen molar-refractivity contribution in [1.29, 1.82) is 0 Å². The van der Waals surface area contributed by atoms with Crippen molar-refractivity contribution in [1.82, 2.24) is 4.98 Å². The summed E-state index contributed by atoms with van der Waals surface area (Å²) in [6, 6.07) is 5.67. The fraction of sp³-hybridized carbons (Fsp3) is 0.0769. The zero-order valence-corrected chi connectivity index (χ0v) is 12.6. The summed E-state index contributed by atoms with van der Waals surface area (Å²) in [5.41, 5.74) is -0.113. The van der Waals surface area contributed by atoms with Crippen LogP contribution in [0.4, 0.5) is 8.78 Å². The van der Waals surface area contributed by atoms with Crippen LogP contribution >= 0.6 is 31.9 Å². The second-order valence-corrected chi connectivity index (χ2v) is 5.46. The molecule has 19 heavy (non-hydrogen) atoms. The molecule has 0 fully saturated rings. The molecule has 0 spiro atoms. The summed E-state index contributed by atoms with van der Waals surface area (Å²) in [4.78, 5) is 15.9. The predicted molar refractivity (Wildman–Crippen MR) is 74.0 cm³/mol. The van der Waals surface area contributed by atoms with Gasteiger partial charge in [0, 0.05) is 22.7 Å². The first-order chi connectivity index (χ1) is 9.00. The van der Waals surface area contributed by atoms with Gasteiger partial charge in [-0.2, -0.15) is 0 Å². The normalized spacial score (nSPS) is 10.5. The number of Topliss-reactive ketones (excluding diaryl/α,β-unsaturated/α-hetero) is 1. The van der Waals surface area contributed by atoms with Gasteiger partial charge in [0.1, 0.15) is 17.3 Å². The average molecular weight is 391 g/mol. The summed E-state index contributed by atoms with van der Waals surface area (Å²) in [5, 5.41) is 0. The summed E-state index contributed by atoms with van der Waals surface area (Å²) >= 11 is 6.14. The molecule has 0 saturated heterocycles. The van der Waals surface area contributed by atoms with E-state index in [2.05, 4.69) is 36.8 Å². The predicted octanol–water partition coefficient (Wildman–Crippen LogP) is 4.31. The standard InChI is InChI=1S/C13H7Br2F2NO/c14-8-3-4-10(16)7(12(8)17)6-11(19)13-9(15)2-1-5-18-13/h1-5H,6H2. The Morgan fingerprint density at radius 1 is 1.16 bits per heavy atom. The van der Waals surface area contributed by atoms with Gasteiger partial charge in [-0.15, -0.1) is 0 Å². The molecule has 0 bridgehead atoms. The van der Waals surface area contributed by atoms with Crippen molar-refractivity contribution >= 4 is 37.6 Å². The Hall–Kier alpha value is -1.14. The third kappa shape index (κ3) is 3.06. The zero-order chi connectivity index (χ0) is 14.0. The van der Waals surface area contributed by atoms with Gasteiger partial charge >= 0.3 is 0 Å². The van der Waals surface area contributed by atoms with Crippen molar-refractivity contribution in [3.8, 4) is 0 Å². The van der Waals surface area contributed by atoms with Crippen LogP contribution in [0.3, 0.4) is 0 Å². The molecule has 6 heteroatoms. The Kier molecular flexibility index (Phi) is 4.42. The number of halogens is 4. The Morgan fingerprint density at radius 2 is 1.89 bits per heavy atom. The van der Waals surface area contributed by atoms with Crippen molar-refractivity contribution in [3.05, 3.63) is 62.3 Å². The van der Waals surface area contributed by atoms with Crippen molar-refractivity contribution < 1.29 is 13.6 Å². The van der Waals surface area contributed by atoms with Crippen LogP contribution in [0, 0.1) is 11.6 Å². The Morgan fingerprint density at radius 3 is 2.58 bits per heavy atom. The molecule has 98 valence electrons. The third-order valence-corrected chi connectivity index (χ3v) is 3.75. The average Bonchev–Trinajstić information content (AvgIpc) is 2.39. The molecule has 0 unspecified atom stereocenters. The van der Waals surface area contributed by atoms with Gasteiger partial charge in [-0.1, -0.05) is 0 Å². The molecule has 2 aromatic rings. The summed E-state index contributed by atoms with van der Waals surface area (Å²) < 4.78 is 27.9. The zero-order valence-electron chi connectivity index (χ0n) is 9.46. The van der Waals surface area contributed by atoms with Gasteiger partial charge in [0.15, 0.2) is 5.78 Å². The van der Waals surface area contributed by atoms with Crippen molar-refractivity contribution in [2.75, 3.05) is 0 Å². The maximum Gasteiger partial charge on any atom is 0.186 e. The molecule has 0 atom stereocenters. The van der Waals surface area contributed by atoms with Crippen LogP contribution in [0.25, 0.3) is 0 Å². The Bertz CT molecular complexity index is 647. The van der Waals surface area contributed by atoms with Crippen LogP contribution in [0.15, 0.2) is 39.4 Å². The highest BCUT2D eigenvalue weighted by Gasteiger charge is 2.19. The molecule has 0 saturated carbocycles. The van der Waals surface area contributed by atoms with Gasteiger partial charge < -0.3 is 0 Å². The highest BCUT2D eigenvalue weighted by atomic mass is 79.9. The van der Waals surface area contributed by atoms with Gasteiger partial charge in [0.05, 0.1) is 4.47 Å². The maximum absolute atomic E-state index is 13.8. The molecule has 0 aliphatic rings. The number of benzene rings is 1. The van der Waals surface area contributed by atoms with Gasteiger partial charge in [-0.3, -0.25) is 9.78 Å². The summed E-state index contributed by atoms with van der Waals surface area (Å²) in [6.45, 7) is 0. The van der Waals surface area contributed by atoms with Gasteiger partial charge in [0.2, 0.25) is 0 Å². The quantitative estimate of drug-likeness (QED) is 0.577. The number of carbonyl (C=O) groups excluding carboxylic acids is 1. The number of pyridine rings is 1. The monoisotopic (exact) mass is 389 g/mol. The van der Waals surface area contributed by atoms with E-state index in [1.807, 2.05) is 0 Å². The van der Waals surface area contributed by atoms with Gasteiger partial charge in [-0.25, -0.2) is 8.78 Å². The number of nitrogens with zero attached hydrogens (tertiary/aromatic N) is 1. The second-order valence-electron chi connectivity index (χ2n) is 3.76. The van der Waals surface area contributed by atoms with E-state index in [1.54, 1.807) is 12.1 Å². The van der Waals surface area contributed by atoms with Crippen LogP contribution in [0.2, 0.25) is 0 Å². The SMILES string of the molecule is O=C(Cc1c(F)ccc(Br)c1F)c1ncccc1Br. The van der Waals surface area contributed by atoms with Crippen molar-refractivity contribution in [3.63, 3.8) is 0 Å². The molecule has 1 aromatic carbocycles. The fourth-order valence-corrected chi connectivity index (χ4v) is 2.41. The molecule has 2 rings (SSSR count). The first-order valence-electron chi connectivity index (χ1n) is 5.26. The van der Waals surface area contributed by atoms with Gasteiger partial charge in [0.25, 0.3) is 0 Å². The van der Waals surface area contributed by atoms with E-state index in [-0.39, 0.29) is 22.2 Å². The Labute approximate surface area is 125 Å². The Balaban J connectivity index is 2.35. The molecule has 2 nitrogen and oxygen atoms in total. The highest BCUT2D eigenvalue weighted by molar-refractivity contribution is 9.10. The van der Waals surface area contributed by atoms with Crippen LogP contribution in [0.5, 0.6) is 0 Å². The van der Waals surface area contributed by atoms with Gasteiger partial charge in [-0.05, 0) is 56.1 Å². The number of rotatable bonds is 3. The smallest absolute Gasteiger partial charge is 0.186 e. The minimum absolute atomic E-state index is 0.122. The van der Waals surface area contributed by atoms with Crippen molar-refractivity contribution in [2.45, 2.75) is 6.42 Å². The van der Waals surface area contributed by atoms with E-state index in [4.69, 9.17) is 0 Å². The molecule has 1 aromatic heterocycles. The van der Waals surface area contributed by atoms with E-state index in [1.165, 1.54) is 12.3 Å². The van der Waals surface area contributed by atoms with Crippen LogP contribution in [-0.4, -0.2) is 10.8 Å². The molecule has 0 amide bonds. The lowest BCUT2D eigenvalue weighted by atomic mass is 10.1. The molecular weight excluding hydrogens is 384 g/mol. The summed E-state index contributed by atoms with van der Waals surface area (Å²) in [6.07, 6.45) is 1.07. The number of hydrogen-bond donors (Lipinski definition) is 0. The lowest BCUT2D eigenvalue weighted by Crippen LogP contribution is -2.10. The molecular formula is C13H7Br2F2NO. The first kappa shape index (κ1) is 14.3. The van der Waals surface area contributed by atoms with E-state index < -0.39 is 17.4 Å². The minimum Gasteiger partial charge on any atom is -0.292 e. The number of aromatic nitrogens is 1. The topological polar surface area (TPSA) is 30.0 Å². The van der Waals surface area contributed by atoms with E-state index in [0.717, 1.165) is 6.07 Å². The molecule has 0 aliphatic heterocycles. The number of hydrogen-bond acceptors (Lipinski definition) is 2. The van der Waals surface area contributed by atoms with E-state index in [0.29, 0.717) is 4.47 Å². The van der Waals surface area contributed by atoms with Crippen LogP contribution in [0.1, 0.15) is 16.1 Å². The van der Waals surface area contributed by atoms with E-state index >= 15 is 0 Å². The molecule has 1 heterocycles. The summed E-state index contributed by atoms with van der Waals surface area (Å²) in [5.74, 6) is -1.97. The molecule has 0 aliphatic carbocycles. The lowest BCUT2D eigenvalue weighted by molar-refractivity contribution is 0.0985. The minimum atomic E-state index is -0.764. The highest BCUT2D eigenvalue weighted by Crippen LogP contribution is 2.24. The second kappa shape index (κ2) is 5.88. The third-order valence-electron chi connectivity index (χ3n) is 2.50. The summed E-state index contributed by atoms with van der Waals surface area (Å²) in [7, 11) is 0. The fourth-order valence-electron chi connectivity index (χ4n) is 1.57. The van der Waals surface area contributed by atoms with Crippen LogP contribution < -0.4 is 0 Å². The number of ketones is 1. The molecule has 0 N–H and O–H groups in total. The van der Waals surface area contributed by atoms with Crippen LogP contribution in [-0.2, 0) is 6.42 Å². The maximum atomic E-state index is 13.8. The van der Waals surface area contributed by atoms with Crippen molar-refractivity contribution in [2.24, 2.45) is 0 Å². The lowest BCUT2D eigenvalue weighted by Gasteiger charge is -2.06. The number of carbonyl (C=O) groups is 1.